The topological polar surface area (TPSA) is 9.23 Å². The first-order chi connectivity index (χ1) is 17.1. The summed E-state index contributed by atoms with van der Waals surface area (Å²) < 4.78 is 33.2. The Morgan fingerprint density at radius 3 is 2.17 bits per heavy atom. The summed E-state index contributed by atoms with van der Waals surface area (Å²) in [7, 11) is 1.33. The van der Waals surface area contributed by atoms with Gasteiger partial charge in [-0.3, -0.25) is 0 Å². The van der Waals surface area contributed by atoms with Crippen molar-refractivity contribution in [1.82, 2.24) is 0 Å². The quantitative estimate of drug-likeness (QED) is 0.282. The molecule has 0 bridgehead atoms. The maximum atomic E-state index is 14.4. The summed E-state index contributed by atoms with van der Waals surface area (Å²) in [5.41, 5.74) is 6.36. The van der Waals surface area contributed by atoms with Gasteiger partial charge in [0.1, 0.15) is 0 Å². The SMILES string of the molecule is CCCc1ccc(C2=CCC(/C=C/CCc3ccc(-c4ccc(OC)c(F)c4F)cc3)CC2)cc1. The minimum atomic E-state index is -0.950. The summed E-state index contributed by atoms with van der Waals surface area (Å²) in [6.07, 6.45) is 14.7. The fraction of sp³-hybridized carbons (Fsp3) is 0.312. The van der Waals surface area contributed by atoms with Crippen molar-refractivity contribution in [3.05, 3.63) is 107 Å². The van der Waals surface area contributed by atoms with Crippen LogP contribution in [0.2, 0.25) is 0 Å². The largest absolute Gasteiger partial charge is 0.494 e. The molecule has 0 saturated carbocycles. The molecule has 35 heavy (non-hydrogen) atoms. The summed E-state index contributed by atoms with van der Waals surface area (Å²) in [5, 5.41) is 0. The molecule has 1 aliphatic carbocycles. The van der Waals surface area contributed by atoms with E-state index >= 15 is 0 Å². The van der Waals surface area contributed by atoms with E-state index in [-0.39, 0.29) is 11.3 Å². The van der Waals surface area contributed by atoms with Crippen molar-refractivity contribution in [3.8, 4) is 16.9 Å². The Balaban J connectivity index is 1.27. The molecule has 182 valence electrons. The van der Waals surface area contributed by atoms with Crippen molar-refractivity contribution < 1.29 is 13.5 Å². The second-order valence-corrected chi connectivity index (χ2v) is 9.32. The normalized spacial score (nSPS) is 15.9. The zero-order valence-electron chi connectivity index (χ0n) is 20.7. The van der Waals surface area contributed by atoms with E-state index < -0.39 is 11.6 Å². The van der Waals surface area contributed by atoms with Gasteiger partial charge in [0.2, 0.25) is 5.82 Å². The zero-order valence-corrected chi connectivity index (χ0v) is 20.7. The molecule has 0 amide bonds. The lowest BCUT2D eigenvalue weighted by Crippen LogP contribution is -2.02. The van der Waals surface area contributed by atoms with Crippen molar-refractivity contribution in [2.75, 3.05) is 7.11 Å². The lowest BCUT2D eigenvalue weighted by molar-refractivity contribution is 0.372. The van der Waals surface area contributed by atoms with Crippen LogP contribution in [0.1, 0.15) is 55.7 Å². The summed E-state index contributed by atoms with van der Waals surface area (Å²) in [6.45, 7) is 2.22. The predicted molar refractivity (Wildman–Crippen MR) is 142 cm³/mol. The molecule has 3 heteroatoms. The lowest BCUT2D eigenvalue weighted by atomic mass is 9.86. The van der Waals surface area contributed by atoms with E-state index in [0.29, 0.717) is 11.5 Å². The highest BCUT2D eigenvalue weighted by molar-refractivity contribution is 5.67. The van der Waals surface area contributed by atoms with Gasteiger partial charge in [0.05, 0.1) is 7.11 Å². The first-order valence-corrected chi connectivity index (χ1v) is 12.6. The molecule has 4 rings (SSSR count). The fourth-order valence-electron chi connectivity index (χ4n) is 4.77. The number of ether oxygens (including phenoxy) is 1. The number of rotatable bonds is 9. The van der Waals surface area contributed by atoms with Gasteiger partial charge in [-0.05, 0) is 84.4 Å². The molecule has 0 fully saturated rings. The molecule has 0 heterocycles. The molecule has 0 saturated heterocycles. The van der Waals surface area contributed by atoms with E-state index in [4.69, 9.17) is 4.74 Å². The van der Waals surface area contributed by atoms with Crippen LogP contribution in [-0.2, 0) is 12.8 Å². The Morgan fingerprint density at radius 1 is 0.857 bits per heavy atom. The number of allylic oxidation sites excluding steroid dienone is 4. The van der Waals surface area contributed by atoms with Crippen LogP contribution in [0.4, 0.5) is 8.78 Å². The molecule has 0 aliphatic heterocycles. The van der Waals surface area contributed by atoms with Crippen LogP contribution < -0.4 is 4.74 Å². The van der Waals surface area contributed by atoms with Gasteiger partial charge in [0.25, 0.3) is 0 Å². The van der Waals surface area contributed by atoms with E-state index in [1.54, 1.807) is 6.07 Å². The second kappa shape index (κ2) is 12.0. The Labute approximate surface area is 208 Å². The third kappa shape index (κ3) is 6.28. The molecule has 1 nitrogen and oxygen atoms in total. The zero-order chi connectivity index (χ0) is 24.6. The monoisotopic (exact) mass is 472 g/mol. The maximum Gasteiger partial charge on any atom is 0.201 e. The summed E-state index contributed by atoms with van der Waals surface area (Å²) in [6, 6.07) is 19.8. The molecule has 0 N–H and O–H groups in total. The smallest absolute Gasteiger partial charge is 0.201 e. The highest BCUT2D eigenvalue weighted by Crippen LogP contribution is 2.32. The number of hydrogen-bond acceptors (Lipinski definition) is 1. The lowest BCUT2D eigenvalue weighted by Gasteiger charge is -2.19. The number of hydrogen-bond donors (Lipinski definition) is 0. The molecule has 0 radical (unpaired) electrons. The highest BCUT2D eigenvalue weighted by atomic mass is 19.2. The number of benzene rings is 3. The van der Waals surface area contributed by atoms with Crippen LogP contribution >= 0.6 is 0 Å². The fourth-order valence-corrected chi connectivity index (χ4v) is 4.77. The Hall–Kier alpha value is -3.20. The average Bonchev–Trinajstić information content (AvgIpc) is 2.90. The molecular formula is C32H34F2O. The Morgan fingerprint density at radius 2 is 1.54 bits per heavy atom. The van der Waals surface area contributed by atoms with Crippen LogP contribution in [0.15, 0.2) is 78.9 Å². The van der Waals surface area contributed by atoms with Gasteiger partial charge < -0.3 is 4.74 Å². The van der Waals surface area contributed by atoms with Crippen LogP contribution in [0, 0.1) is 17.6 Å². The number of aryl methyl sites for hydroxylation is 2. The van der Waals surface area contributed by atoms with Crippen molar-refractivity contribution in [2.24, 2.45) is 5.92 Å². The molecule has 1 unspecified atom stereocenters. The Kier molecular flexibility index (Phi) is 8.52. The van der Waals surface area contributed by atoms with Crippen LogP contribution in [0.3, 0.4) is 0 Å². The summed E-state index contributed by atoms with van der Waals surface area (Å²) in [5.74, 6) is -1.30. The van der Waals surface area contributed by atoms with Gasteiger partial charge in [-0.25, -0.2) is 4.39 Å². The second-order valence-electron chi connectivity index (χ2n) is 9.32. The molecule has 0 spiro atoms. The van der Waals surface area contributed by atoms with Gasteiger partial charge in [-0.2, -0.15) is 4.39 Å². The summed E-state index contributed by atoms with van der Waals surface area (Å²) >= 11 is 0. The minimum absolute atomic E-state index is 0.0830. The van der Waals surface area contributed by atoms with Crippen LogP contribution in [0.5, 0.6) is 5.75 Å². The van der Waals surface area contributed by atoms with Crippen molar-refractivity contribution in [1.29, 1.82) is 0 Å². The van der Waals surface area contributed by atoms with Gasteiger partial charge in [0, 0.05) is 5.56 Å². The van der Waals surface area contributed by atoms with Gasteiger partial charge >= 0.3 is 0 Å². The number of halogens is 2. The maximum absolute atomic E-state index is 14.4. The third-order valence-corrected chi connectivity index (χ3v) is 6.85. The standard InChI is InChI=1S/C32H34F2O/c1-3-6-23-9-15-26(16-10-23)27-17-11-24(12-18-27)7-4-5-8-25-13-19-28(20-14-25)29-21-22-30(35-2)32(34)31(29)33/h4,7,9-10,13-17,19-22,24H,3,5-6,8,11-12,18H2,1-2H3/b7-4+. The Bertz CT molecular complexity index is 1170. The first-order valence-electron chi connectivity index (χ1n) is 12.6. The van der Waals surface area contributed by atoms with Gasteiger partial charge in [-0.15, -0.1) is 0 Å². The molecular weight excluding hydrogens is 438 g/mol. The van der Waals surface area contributed by atoms with Crippen LogP contribution in [-0.4, -0.2) is 7.11 Å². The van der Waals surface area contributed by atoms with E-state index in [9.17, 15) is 8.78 Å². The molecule has 1 atom stereocenters. The molecule has 3 aromatic carbocycles. The highest BCUT2D eigenvalue weighted by Gasteiger charge is 2.15. The van der Waals surface area contributed by atoms with Crippen molar-refractivity contribution in [2.45, 2.75) is 51.9 Å². The molecule has 3 aromatic rings. The van der Waals surface area contributed by atoms with Crippen molar-refractivity contribution >= 4 is 5.57 Å². The van der Waals surface area contributed by atoms with Gasteiger partial charge in [0.15, 0.2) is 11.6 Å². The third-order valence-electron chi connectivity index (χ3n) is 6.85. The predicted octanol–water partition coefficient (Wildman–Crippen LogP) is 8.97. The van der Waals surface area contributed by atoms with E-state index in [0.717, 1.165) is 32.1 Å². The van der Waals surface area contributed by atoms with Crippen LogP contribution in [0.25, 0.3) is 16.7 Å². The minimum Gasteiger partial charge on any atom is -0.494 e. The number of methoxy groups -OCH3 is 1. The van der Waals surface area contributed by atoms with Crippen molar-refractivity contribution in [3.63, 3.8) is 0 Å². The first kappa shape index (κ1) is 24.9. The van der Waals surface area contributed by atoms with E-state index in [1.807, 2.05) is 24.3 Å². The molecule has 1 aliphatic rings. The average molecular weight is 473 g/mol. The summed E-state index contributed by atoms with van der Waals surface area (Å²) in [4.78, 5) is 0. The molecule has 0 aromatic heterocycles. The van der Waals surface area contributed by atoms with Gasteiger partial charge in [-0.1, -0.05) is 80.1 Å². The van der Waals surface area contributed by atoms with E-state index in [2.05, 4.69) is 49.4 Å². The van der Waals surface area contributed by atoms with E-state index in [1.165, 1.54) is 48.3 Å².